The third-order valence-electron chi connectivity index (χ3n) is 4.77. The third-order valence-corrected chi connectivity index (χ3v) is 4.77. The zero-order valence-electron chi connectivity index (χ0n) is 17.0. The van der Waals surface area contributed by atoms with E-state index < -0.39 is 28.6 Å². The van der Waals surface area contributed by atoms with E-state index in [0.29, 0.717) is 17.1 Å². The fourth-order valence-corrected chi connectivity index (χ4v) is 3.36. The van der Waals surface area contributed by atoms with Crippen LogP contribution in [-0.2, 0) is 14.3 Å². The monoisotopic (exact) mass is 428 g/mol. The molecule has 0 radical (unpaired) electrons. The highest BCUT2D eigenvalue weighted by atomic mass is 16.6. The summed E-state index contributed by atoms with van der Waals surface area (Å²) in [6.07, 6.45) is 0. The molecule has 2 aromatic carbocycles. The molecule has 10 heteroatoms. The number of non-ortho nitro benzene ring substituents is 1. The Morgan fingerprint density at radius 3 is 2.32 bits per heavy atom. The zero-order valence-corrected chi connectivity index (χ0v) is 17.0. The number of aliphatic hydroxyl groups is 1. The highest BCUT2D eigenvalue weighted by Crippen LogP contribution is 2.43. The summed E-state index contributed by atoms with van der Waals surface area (Å²) in [4.78, 5) is 37.1. The molecule has 10 nitrogen and oxygen atoms in total. The number of aliphatic hydroxyl groups excluding tert-OH is 1. The van der Waals surface area contributed by atoms with Gasteiger partial charge in [-0.15, -0.1) is 0 Å². The first kappa shape index (κ1) is 21.6. The van der Waals surface area contributed by atoms with Gasteiger partial charge in [0.1, 0.15) is 5.57 Å². The topological polar surface area (TPSA) is 128 Å². The average Bonchev–Trinajstić information content (AvgIpc) is 3.04. The van der Waals surface area contributed by atoms with E-state index >= 15 is 0 Å². The Morgan fingerprint density at radius 1 is 1.13 bits per heavy atom. The van der Waals surface area contributed by atoms with Crippen molar-refractivity contribution in [2.45, 2.75) is 13.0 Å². The van der Waals surface area contributed by atoms with Crippen LogP contribution in [0.3, 0.4) is 0 Å². The van der Waals surface area contributed by atoms with Gasteiger partial charge in [-0.1, -0.05) is 6.07 Å². The number of nitro groups is 1. The van der Waals surface area contributed by atoms with Crippen LogP contribution < -0.4 is 14.4 Å². The predicted molar refractivity (Wildman–Crippen MR) is 109 cm³/mol. The molecule has 0 unspecified atom stereocenters. The first-order valence-electron chi connectivity index (χ1n) is 9.24. The van der Waals surface area contributed by atoms with Gasteiger partial charge in [0.05, 0.1) is 31.8 Å². The van der Waals surface area contributed by atoms with Gasteiger partial charge in [-0.25, -0.2) is 4.79 Å². The highest BCUT2D eigenvalue weighted by Gasteiger charge is 2.45. The SMILES string of the molecule is CCOC(=O)C1=C(O)C(=O)N(c2ccc([N+](=O)[O-])cc2)[C@@H]1c1ccc(OC)c(OC)c1. The summed E-state index contributed by atoms with van der Waals surface area (Å²) >= 11 is 0. The normalized spacial score (nSPS) is 15.8. The molecular formula is C21H20N2O8. The lowest BCUT2D eigenvalue weighted by molar-refractivity contribution is -0.384. The minimum atomic E-state index is -1.05. The summed E-state index contributed by atoms with van der Waals surface area (Å²) in [6.45, 7) is 1.64. The maximum Gasteiger partial charge on any atom is 0.340 e. The van der Waals surface area contributed by atoms with Crippen LogP contribution in [0.4, 0.5) is 11.4 Å². The van der Waals surface area contributed by atoms with Crippen molar-refractivity contribution in [2.24, 2.45) is 0 Å². The van der Waals surface area contributed by atoms with Crippen LogP contribution >= 0.6 is 0 Å². The van der Waals surface area contributed by atoms with E-state index in [0.717, 1.165) is 0 Å². The molecule has 1 atom stereocenters. The van der Waals surface area contributed by atoms with Crippen LogP contribution in [0.15, 0.2) is 53.8 Å². The van der Waals surface area contributed by atoms with E-state index in [1.807, 2.05) is 0 Å². The van der Waals surface area contributed by atoms with Gasteiger partial charge < -0.3 is 19.3 Å². The first-order valence-corrected chi connectivity index (χ1v) is 9.24. The summed E-state index contributed by atoms with van der Waals surface area (Å²) in [7, 11) is 2.91. The minimum absolute atomic E-state index is 0.0417. The summed E-state index contributed by atoms with van der Waals surface area (Å²) < 4.78 is 15.6. The Labute approximate surface area is 177 Å². The molecule has 0 aromatic heterocycles. The van der Waals surface area contributed by atoms with E-state index in [2.05, 4.69) is 0 Å². The number of anilines is 1. The quantitative estimate of drug-likeness (QED) is 0.405. The Hall–Kier alpha value is -4.08. The summed E-state index contributed by atoms with van der Waals surface area (Å²) in [6, 6.07) is 8.94. The van der Waals surface area contributed by atoms with Gasteiger partial charge in [-0.3, -0.25) is 19.8 Å². The van der Waals surface area contributed by atoms with E-state index in [4.69, 9.17) is 14.2 Å². The average molecular weight is 428 g/mol. The number of nitrogens with zero attached hydrogens (tertiary/aromatic N) is 2. The Kier molecular flexibility index (Phi) is 6.10. The molecule has 0 spiro atoms. The molecule has 1 heterocycles. The Bertz CT molecular complexity index is 1060. The number of nitro benzene ring substituents is 1. The Morgan fingerprint density at radius 2 is 1.77 bits per heavy atom. The van der Waals surface area contributed by atoms with Gasteiger partial charge in [-0.05, 0) is 36.8 Å². The summed E-state index contributed by atoms with van der Waals surface area (Å²) in [5.41, 5.74) is 0.288. The largest absolute Gasteiger partial charge is 0.503 e. The van der Waals surface area contributed by atoms with Gasteiger partial charge in [-0.2, -0.15) is 0 Å². The lowest BCUT2D eigenvalue weighted by atomic mass is 9.98. The van der Waals surface area contributed by atoms with Crippen molar-refractivity contribution in [1.29, 1.82) is 0 Å². The predicted octanol–water partition coefficient (Wildman–Crippen LogP) is 3.08. The summed E-state index contributed by atoms with van der Waals surface area (Å²) in [5, 5.41) is 21.5. The van der Waals surface area contributed by atoms with Crippen molar-refractivity contribution >= 4 is 23.3 Å². The van der Waals surface area contributed by atoms with Crippen molar-refractivity contribution in [2.75, 3.05) is 25.7 Å². The number of rotatable bonds is 7. The van der Waals surface area contributed by atoms with Crippen molar-refractivity contribution in [3.8, 4) is 11.5 Å². The maximum atomic E-state index is 12.9. The fourth-order valence-electron chi connectivity index (χ4n) is 3.36. The van der Waals surface area contributed by atoms with Crippen molar-refractivity contribution in [3.05, 3.63) is 69.5 Å². The molecule has 0 aliphatic carbocycles. The number of hydrogen-bond acceptors (Lipinski definition) is 8. The standard InChI is InChI=1S/C21H20N2O8/c1-4-31-21(26)17-18(12-5-10-15(29-2)16(11-12)30-3)22(20(25)19(17)24)13-6-8-14(9-7-13)23(27)28/h5-11,18,24H,4H2,1-3H3/t18-/m1/s1. The molecule has 0 saturated carbocycles. The molecule has 1 aliphatic rings. The summed E-state index contributed by atoms with van der Waals surface area (Å²) in [5.74, 6) is -1.65. The van der Waals surface area contributed by atoms with E-state index in [1.54, 1.807) is 25.1 Å². The smallest absolute Gasteiger partial charge is 0.340 e. The molecule has 1 N–H and O–H groups in total. The van der Waals surface area contributed by atoms with Gasteiger partial charge in [0.15, 0.2) is 17.3 Å². The number of methoxy groups -OCH3 is 2. The van der Waals surface area contributed by atoms with Crippen LogP contribution in [0.25, 0.3) is 0 Å². The fraction of sp³-hybridized carbons (Fsp3) is 0.238. The Balaban J connectivity index is 2.17. The first-order chi connectivity index (χ1) is 14.8. The van der Waals surface area contributed by atoms with Crippen molar-refractivity contribution < 1.29 is 33.8 Å². The molecule has 0 fully saturated rings. The number of benzene rings is 2. The van der Waals surface area contributed by atoms with E-state index in [9.17, 15) is 24.8 Å². The number of ether oxygens (including phenoxy) is 3. The number of esters is 1. The highest BCUT2D eigenvalue weighted by molar-refractivity contribution is 6.15. The third kappa shape index (κ3) is 3.87. The molecule has 1 aliphatic heterocycles. The van der Waals surface area contributed by atoms with Crippen LogP contribution in [-0.4, -0.2) is 42.7 Å². The molecule has 0 saturated heterocycles. The zero-order chi connectivity index (χ0) is 22.7. The van der Waals surface area contributed by atoms with Crippen molar-refractivity contribution in [3.63, 3.8) is 0 Å². The van der Waals surface area contributed by atoms with Gasteiger partial charge in [0.2, 0.25) is 0 Å². The second-order valence-corrected chi connectivity index (χ2v) is 6.45. The van der Waals surface area contributed by atoms with Gasteiger partial charge >= 0.3 is 5.97 Å². The molecule has 0 bridgehead atoms. The van der Waals surface area contributed by atoms with Crippen LogP contribution in [0.5, 0.6) is 11.5 Å². The molecule has 1 amide bonds. The van der Waals surface area contributed by atoms with Crippen LogP contribution in [0.1, 0.15) is 18.5 Å². The number of amides is 1. The van der Waals surface area contributed by atoms with Crippen molar-refractivity contribution in [1.82, 2.24) is 0 Å². The van der Waals surface area contributed by atoms with E-state index in [-0.39, 0.29) is 23.6 Å². The lowest BCUT2D eigenvalue weighted by Crippen LogP contribution is -2.31. The molecule has 31 heavy (non-hydrogen) atoms. The maximum absolute atomic E-state index is 12.9. The lowest BCUT2D eigenvalue weighted by Gasteiger charge is -2.27. The molecule has 2 aromatic rings. The molecule has 162 valence electrons. The number of hydrogen-bond donors (Lipinski definition) is 1. The number of carbonyl (C=O) groups excluding carboxylic acids is 2. The van der Waals surface area contributed by atoms with Crippen LogP contribution in [0.2, 0.25) is 0 Å². The minimum Gasteiger partial charge on any atom is -0.503 e. The second kappa shape index (κ2) is 8.74. The van der Waals surface area contributed by atoms with E-state index in [1.165, 1.54) is 43.4 Å². The van der Waals surface area contributed by atoms with Gasteiger partial charge in [0.25, 0.3) is 11.6 Å². The molecular weight excluding hydrogens is 408 g/mol. The second-order valence-electron chi connectivity index (χ2n) is 6.45. The van der Waals surface area contributed by atoms with Crippen LogP contribution in [0, 0.1) is 10.1 Å². The number of carbonyl (C=O) groups is 2. The molecule has 3 rings (SSSR count). The van der Waals surface area contributed by atoms with Gasteiger partial charge in [0, 0.05) is 17.8 Å².